The number of morpholine rings is 1. The summed E-state index contributed by atoms with van der Waals surface area (Å²) in [5, 5.41) is 3.09. The molecule has 2 aliphatic heterocycles. The fourth-order valence-electron chi connectivity index (χ4n) is 3.00. The van der Waals surface area contributed by atoms with Gasteiger partial charge in [0.2, 0.25) is 0 Å². The maximum atomic E-state index is 13.0. The summed E-state index contributed by atoms with van der Waals surface area (Å²) in [5.74, 6) is -0.0160. The average Bonchev–Trinajstić information content (AvgIpc) is 3.16. The number of rotatable bonds is 3. The second-order valence-electron chi connectivity index (χ2n) is 6.21. The number of benzene rings is 1. The van der Waals surface area contributed by atoms with Gasteiger partial charge in [0.05, 0.1) is 18.9 Å². The molecule has 3 heterocycles. The van der Waals surface area contributed by atoms with Crippen LogP contribution in [0.15, 0.2) is 46.4 Å². The van der Waals surface area contributed by atoms with E-state index in [2.05, 4.69) is 5.32 Å². The Morgan fingerprint density at radius 3 is 2.50 bits per heavy atom. The molecule has 0 saturated carbocycles. The number of ether oxygens (including phenoxy) is 1. The predicted octanol–water partition coefficient (Wildman–Crippen LogP) is 2.60. The number of amides is 2. The van der Waals surface area contributed by atoms with Gasteiger partial charge in [-0.15, -0.1) is 0 Å². The van der Waals surface area contributed by atoms with Gasteiger partial charge in [-0.3, -0.25) is 19.8 Å². The van der Waals surface area contributed by atoms with Crippen molar-refractivity contribution in [3.8, 4) is 0 Å². The number of carbonyl (C=O) groups is 2. The van der Waals surface area contributed by atoms with Gasteiger partial charge in [-0.05, 0) is 48.6 Å². The van der Waals surface area contributed by atoms with Crippen LogP contribution in [0.25, 0.3) is 6.08 Å². The lowest BCUT2D eigenvalue weighted by Gasteiger charge is -2.28. The number of halogens is 1. The third-order valence-electron chi connectivity index (χ3n) is 4.41. The summed E-state index contributed by atoms with van der Waals surface area (Å²) in [6.45, 7) is 2.71. The van der Waals surface area contributed by atoms with Gasteiger partial charge in [-0.25, -0.2) is 0 Å². The minimum atomic E-state index is -0.565. The highest BCUT2D eigenvalue weighted by Crippen LogP contribution is 2.25. The zero-order valence-corrected chi connectivity index (χ0v) is 16.3. The largest absolute Gasteiger partial charge is 0.441 e. The van der Waals surface area contributed by atoms with Crippen LogP contribution in [0, 0.1) is 0 Å². The van der Waals surface area contributed by atoms with Crippen molar-refractivity contribution in [2.24, 2.45) is 0 Å². The maximum absolute atomic E-state index is 13.0. The number of carbonyl (C=O) groups excluding carboxylic acids is 2. The monoisotopic (exact) mass is 417 g/mol. The molecule has 2 fully saturated rings. The number of hydrogen-bond donors (Lipinski definition) is 1. The standard InChI is InChI=1S/C19H16ClN3O4S/c20-12-1-3-13(4-2-12)23-18(25)15(17(24)21-19(23)28)11-14-5-6-16(27-14)22-7-9-26-10-8-22/h1-6,11H,7-10H2,(H,21,24,28)/b15-11+. The van der Waals surface area contributed by atoms with Crippen LogP contribution in [0.1, 0.15) is 5.76 Å². The first kappa shape index (κ1) is 18.7. The molecule has 4 rings (SSSR count). The summed E-state index contributed by atoms with van der Waals surface area (Å²) in [7, 11) is 0. The van der Waals surface area contributed by atoms with Crippen LogP contribution in [0.5, 0.6) is 0 Å². The number of hydrogen-bond acceptors (Lipinski definition) is 6. The first-order chi connectivity index (χ1) is 13.5. The van der Waals surface area contributed by atoms with Crippen molar-refractivity contribution in [3.63, 3.8) is 0 Å². The van der Waals surface area contributed by atoms with Crippen LogP contribution in [0.2, 0.25) is 5.02 Å². The molecular formula is C19H16ClN3O4S. The van der Waals surface area contributed by atoms with E-state index in [1.54, 1.807) is 30.3 Å². The molecule has 28 heavy (non-hydrogen) atoms. The van der Waals surface area contributed by atoms with Crippen molar-refractivity contribution in [2.75, 3.05) is 36.1 Å². The molecule has 9 heteroatoms. The fraction of sp³-hybridized carbons (Fsp3) is 0.211. The molecule has 0 spiro atoms. The van der Waals surface area contributed by atoms with Gasteiger partial charge >= 0.3 is 0 Å². The van der Waals surface area contributed by atoms with Gasteiger partial charge in [0.25, 0.3) is 11.8 Å². The molecule has 0 unspecified atom stereocenters. The maximum Gasteiger partial charge on any atom is 0.270 e. The molecule has 0 atom stereocenters. The van der Waals surface area contributed by atoms with Gasteiger partial charge < -0.3 is 14.1 Å². The summed E-state index contributed by atoms with van der Waals surface area (Å²) in [4.78, 5) is 28.6. The Labute approximate surface area is 171 Å². The van der Waals surface area contributed by atoms with E-state index in [1.807, 2.05) is 11.0 Å². The van der Waals surface area contributed by atoms with Gasteiger partial charge in [-0.1, -0.05) is 11.6 Å². The fourth-order valence-corrected chi connectivity index (χ4v) is 3.40. The van der Waals surface area contributed by atoms with E-state index < -0.39 is 11.8 Å². The first-order valence-corrected chi connectivity index (χ1v) is 9.41. The zero-order chi connectivity index (χ0) is 19.7. The van der Waals surface area contributed by atoms with Crippen molar-refractivity contribution < 1.29 is 18.7 Å². The van der Waals surface area contributed by atoms with Crippen LogP contribution in [0.4, 0.5) is 11.6 Å². The second kappa shape index (κ2) is 7.75. The van der Waals surface area contributed by atoms with E-state index >= 15 is 0 Å². The number of nitrogens with zero attached hydrogens (tertiary/aromatic N) is 2. The van der Waals surface area contributed by atoms with E-state index in [1.165, 1.54) is 11.0 Å². The van der Waals surface area contributed by atoms with Crippen molar-refractivity contribution in [1.82, 2.24) is 5.32 Å². The summed E-state index contributed by atoms with van der Waals surface area (Å²) in [6.07, 6.45) is 1.42. The molecule has 1 aromatic heterocycles. The Balaban J connectivity index is 1.61. The third kappa shape index (κ3) is 3.66. The SMILES string of the molecule is O=C1NC(=S)N(c2ccc(Cl)cc2)C(=O)/C1=C/c1ccc(N2CCOCC2)o1. The highest BCUT2D eigenvalue weighted by molar-refractivity contribution is 7.80. The predicted molar refractivity (Wildman–Crippen MR) is 109 cm³/mol. The van der Waals surface area contributed by atoms with Crippen LogP contribution in [0.3, 0.4) is 0 Å². The van der Waals surface area contributed by atoms with Gasteiger partial charge in [-0.2, -0.15) is 0 Å². The number of thiocarbonyl (C=S) groups is 1. The normalized spacial score (nSPS) is 19.3. The van der Waals surface area contributed by atoms with Crippen LogP contribution in [-0.4, -0.2) is 43.2 Å². The minimum Gasteiger partial charge on any atom is -0.441 e. The van der Waals surface area contributed by atoms with Crippen LogP contribution < -0.4 is 15.1 Å². The number of furan rings is 1. The molecule has 0 radical (unpaired) electrons. The van der Waals surface area contributed by atoms with Gasteiger partial charge in [0.15, 0.2) is 11.0 Å². The van der Waals surface area contributed by atoms with Gasteiger partial charge in [0.1, 0.15) is 11.3 Å². The molecule has 144 valence electrons. The molecule has 1 N–H and O–H groups in total. The zero-order valence-electron chi connectivity index (χ0n) is 14.7. The molecule has 2 saturated heterocycles. The summed E-state index contributed by atoms with van der Waals surface area (Å²) >= 11 is 11.1. The summed E-state index contributed by atoms with van der Waals surface area (Å²) in [6, 6.07) is 10.1. The van der Waals surface area contributed by atoms with E-state index in [9.17, 15) is 9.59 Å². The molecule has 0 aliphatic carbocycles. The number of nitrogens with one attached hydrogen (secondary N) is 1. The second-order valence-corrected chi connectivity index (χ2v) is 7.03. The quantitative estimate of drug-likeness (QED) is 0.470. The molecule has 2 aromatic rings. The van der Waals surface area contributed by atoms with E-state index in [0.717, 1.165) is 13.1 Å². The van der Waals surface area contributed by atoms with E-state index in [4.69, 9.17) is 33.0 Å². The molecular weight excluding hydrogens is 402 g/mol. The van der Waals surface area contributed by atoms with Crippen molar-refractivity contribution in [2.45, 2.75) is 0 Å². The molecule has 1 aromatic carbocycles. The van der Waals surface area contributed by atoms with E-state index in [0.29, 0.717) is 35.6 Å². The summed E-state index contributed by atoms with van der Waals surface area (Å²) < 4.78 is 11.1. The molecule has 7 nitrogen and oxygen atoms in total. The third-order valence-corrected chi connectivity index (χ3v) is 4.95. The summed E-state index contributed by atoms with van der Waals surface area (Å²) in [5.41, 5.74) is 0.449. The Bertz CT molecular complexity index is 964. The van der Waals surface area contributed by atoms with E-state index in [-0.39, 0.29) is 10.7 Å². The van der Waals surface area contributed by atoms with Crippen LogP contribution in [-0.2, 0) is 14.3 Å². The lowest BCUT2D eigenvalue weighted by Crippen LogP contribution is -2.54. The average molecular weight is 418 g/mol. The highest BCUT2D eigenvalue weighted by atomic mass is 35.5. The van der Waals surface area contributed by atoms with Crippen molar-refractivity contribution in [1.29, 1.82) is 0 Å². The smallest absolute Gasteiger partial charge is 0.270 e. The lowest BCUT2D eigenvalue weighted by atomic mass is 10.1. The molecule has 2 amide bonds. The molecule has 0 bridgehead atoms. The Kier molecular flexibility index (Phi) is 5.17. The van der Waals surface area contributed by atoms with Gasteiger partial charge in [0, 0.05) is 24.2 Å². The molecule has 2 aliphatic rings. The Hall–Kier alpha value is -2.68. The minimum absolute atomic E-state index is 0.0166. The topological polar surface area (TPSA) is 75.0 Å². The lowest BCUT2D eigenvalue weighted by molar-refractivity contribution is -0.122. The van der Waals surface area contributed by atoms with Crippen molar-refractivity contribution >= 4 is 58.4 Å². The Morgan fingerprint density at radius 1 is 1.07 bits per heavy atom. The number of anilines is 2. The Morgan fingerprint density at radius 2 is 1.79 bits per heavy atom. The van der Waals surface area contributed by atoms with Crippen molar-refractivity contribution in [3.05, 3.63) is 52.8 Å². The first-order valence-electron chi connectivity index (χ1n) is 8.62. The van der Waals surface area contributed by atoms with Crippen LogP contribution >= 0.6 is 23.8 Å². The highest BCUT2D eigenvalue weighted by Gasteiger charge is 2.34.